The van der Waals surface area contributed by atoms with E-state index < -0.39 is 10.0 Å². The topological polar surface area (TPSA) is 84.2 Å². The highest BCUT2D eigenvalue weighted by molar-refractivity contribution is 7.92. The van der Waals surface area contributed by atoms with Crippen molar-refractivity contribution >= 4 is 21.9 Å². The van der Waals surface area contributed by atoms with Crippen molar-refractivity contribution in [2.45, 2.75) is 20.8 Å². The number of sulfonamides is 1. The summed E-state index contributed by atoms with van der Waals surface area (Å²) in [5.74, 6) is 2.23. The largest absolute Gasteiger partial charge is 0.354 e. The maximum atomic E-state index is 12.7. The van der Waals surface area contributed by atoms with Crippen LogP contribution >= 0.6 is 0 Å². The molecule has 0 aliphatic carbocycles. The number of benzene rings is 1. The first kappa shape index (κ1) is 21.2. The summed E-state index contributed by atoms with van der Waals surface area (Å²) in [5, 5.41) is 1.29. The normalized spacial score (nSPS) is 15.6. The van der Waals surface area contributed by atoms with E-state index >= 15 is 0 Å². The molecule has 0 saturated carbocycles. The molecule has 9 heteroatoms. The number of imidazole rings is 1. The van der Waals surface area contributed by atoms with E-state index in [9.17, 15) is 8.42 Å². The first-order chi connectivity index (χ1) is 14.8. The van der Waals surface area contributed by atoms with Gasteiger partial charge < -0.3 is 4.90 Å². The second-order valence-corrected chi connectivity index (χ2v) is 9.38. The van der Waals surface area contributed by atoms with Crippen LogP contribution in [0.4, 0.5) is 5.82 Å². The average molecular weight is 439 g/mol. The van der Waals surface area contributed by atoms with Crippen LogP contribution in [0, 0.1) is 20.8 Å². The number of nitrogens with zero attached hydrogens (tertiary/aromatic N) is 6. The van der Waals surface area contributed by atoms with Crippen LogP contribution in [0.3, 0.4) is 0 Å². The van der Waals surface area contributed by atoms with E-state index in [1.165, 1.54) is 9.71 Å². The molecule has 4 rings (SSSR count). The van der Waals surface area contributed by atoms with Crippen LogP contribution < -0.4 is 4.90 Å². The van der Waals surface area contributed by atoms with Gasteiger partial charge in [0.05, 0.1) is 5.69 Å². The van der Waals surface area contributed by atoms with Gasteiger partial charge in [0, 0.05) is 43.3 Å². The third-order valence-corrected chi connectivity index (χ3v) is 7.03. The van der Waals surface area contributed by atoms with E-state index in [0.717, 1.165) is 28.6 Å². The lowest BCUT2D eigenvalue weighted by Crippen LogP contribution is -2.48. The molecule has 3 heterocycles. The number of aryl methyl sites for hydroxylation is 2. The van der Waals surface area contributed by atoms with Gasteiger partial charge in [0.2, 0.25) is 10.0 Å². The van der Waals surface area contributed by atoms with Gasteiger partial charge in [-0.1, -0.05) is 30.3 Å². The molecule has 0 bridgehead atoms. The Morgan fingerprint density at radius 2 is 1.61 bits per heavy atom. The monoisotopic (exact) mass is 438 g/mol. The van der Waals surface area contributed by atoms with E-state index in [0.29, 0.717) is 32.0 Å². The predicted octanol–water partition coefficient (Wildman–Crippen LogP) is 2.71. The molecule has 1 aliphatic heterocycles. The molecule has 1 aliphatic rings. The minimum absolute atomic E-state index is 0.406. The van der Waals surface area contributed by atoms with Crippen LogP contribution in [0.25, 0.3) is 11.9 Å². The summed E-state index contributed by atoms with van der Waals surface area (Å²) in [4.78, 5) is 15.6. The molecule has 3 aromatic rings. The van der Waals surface area contributed by atoms with Crippen molar-refractivity contribution in [3.05, 3.63) is 70.9 Å². The lowest BCUT2D eigenvalue weighted by molar-refractivity contribution is 0.388. The van der Waals surface area contributed by atoms with E-state index in [-0.39, 0.29) is 0 Å². The first-order valence-corrected chi connectivity index (χ1v) is 11.7. The van der Waals surface area contributed by atoms with Gasteiger partial charge in [0.25, 0.3) is 0 Å². The summed E-state index contributed by atoms with van der Waals surface area (Å²) in [7, 11) is -3.47. The zero-order valence-electron chi connectivity index (χ0n) is 17.9. The number of aromatic nitrogens is 4. The molecule has 1 aromatic carbocycles. The Hall–Kier alpha value is -3.04. The van der Waals surface area contributed by atoms with Crippen LogP contribution in [0.15, 0.2) is 48.1 Å². The van der Waals surface area contributed by atoms with Crippen molar-refractivity contribution < 1.29 is 8.42 Å². The molecule has 0 spiro atoms. The molecule has 31 heavy (non-hydrogen) atoms. The molecule has 0 atom stereocenters. The highest BCUT2D eigenvalue weighted by atomic mass is 32.2. The third-order valence-electron chi connectivity index (χ3n) is 5.46. The van der Waals surface area contributed by atoms with Crippen molar-refractivity contribution in [1.82, 2.24) is 23.8 Å². The van der Waals surface area contributed by atoms with Gasteiger partial charge in [0.1, 0.15) is 23.8 Å². The molecule has 0 radical (unpaired) electrons. The molecular weight excluding hydrogens is 412 g/mol. The van der Waals surface area contributed by atoms with Gasteiger partial charge in [-0.15, -0.1) is 0 Å². The Balaban J connectivity index is 1.47. The lowest BCUT2D eigenvalue weighted by atomic mass is 10.2. The average Bonchev–Trinajstić information content (AvgIpc) is 3.11. The molecule has 0 unspecified atom stereocenters. The van der Waals surface area contributed by atoms with Crippen molar-refractivity contribution in [3.63, 3.8) is 0 Å². The molecule has 0 N–H and O–H groups in total. The summed E-state index contributed by atoms with van der Waals surface area (Å²) >= 11 is 0. The second kappa shape index (κ2) is 8.60. The number of rotatable bonds is 5. The molecule has 1 fully saturated rings. The Morgan fingerprint density at radius 1 is 0.935 bits per heavy atom. The predicted molar refractivity (Wildman–Crippen MR) is 122 cm³/mol. The highest BCUT2D eigenvalue weighted by Crippen LogP contribution is 2.20. The summed E-state index contributed by atoms with van der Waals surface area (Å²) in [6.07, 6.45) is 3.40. The first-order valence-electron chi connectivity index (χ1n) is 10.2. The molecule has 1 saturated heterocycles. The number of anilines is 1. The Morgan fingerprint density at radius 3 is 2.26 bits per heavy atom. The van der Waals surface area contributed by atoms with Gasteiger partial charge in [-0.2, -0.15) is 4.31 Å². The summed E-state index contributed by atoms with van der Waals surface area (Å²) in [5.41, 5.74) is 2.85. The van der Waals surface area contributed by atoms with Crippen LogP contribution in [0.1, 0.15) is 22.8 Å². The van der Waals surface area contributed by atoms with E-state index in [4.69, 9.17) is 0 Å². The summed E-state index contributed by atoms with van der Waals surface area (Å²) < 4.78 is 28.9. The fourth-order valence-corrected chi connectivity index (χ4v) is 4.71. The fourth-order valence-electron chi connectivity index (χ4n) is 3.54. The summed E-state index contributed by atoms with van der Waals surface area (Å²) in [6, 6.07) is 11.4. The number of piperazine rings is 1. The zero-order chi connectivity index (χ0) is 22.0. The number of hydrogen-bond donors (Lipinski definition) is 0. The maximum Gasteiger partial charge on any atom is 0.236 e. The van der Waals surface area contributed by atoms with Crippen molar-refractivity contribution in [2.24, 2.45) is 0 Å². The Bertz CT molecular complexity index is 1200. The van der Waals surface area contributed by atoms with E-state index in [2.05, 4.69) is 19.9 Å². The Labute approximate surface area is 182 Å². The quantitative estimate of drug-likeness (QED) is 0.609. The molecular formula is C22H26N6O2S. The second-order valence-electron chi connectivity index (χ2n) is 7.56. The van der Waals surface area contributed by atoms with Gasteiger partial charge in [-0.3, -0.25) is 4.57 Å². The minimum Gasteiger partial charge on any atom is -0.354 e. The Kier molecular flexibility index (Phi) is 5.88. The van der Waals surface area contributed by atoms with Gasteiger partial charge in [0.15, 0.2) is 0 Å². The lowest BCUT2D eigenvalue weighted by Gasteiger charge is -2.34. The zero-order valence-corrected chi connectivity index (χ0v) is 18.7. The van der Waals surface area contributed by atoms with Crippen LogP contribution in [0.2, 0.25) is 0 Å². The van der Waals surface area contributed by atoms with Crippen molar-refractivity contribution in [1.29, 1.82) is 0 Å². The van der Waals surface area contributed by atoms with Gasteiger partial charge in [-0.05, 0) is 32.4 Å². The number of hydrogen-bond acceptors (Lipinski definition) is 6. The van der Waals surface area contributed by atoms with Gasteiger partial charge in [-0.25, -0.2) is 23.4 Å². The molecule has 8 nitrogen and oxygen atoms in total. The van der Waals surface area contributed by atoms with Crippen LogP contribution in [-0.2, 0) is 10.0 Å². The van der Waals surface area contributed by atoms with E-state index in [1.807, 2.05) is 61.7 Å². The van der Waals surface area contributed by atoms with Crippen LogP contribution in [-0.4, -0.2) is 58.4 Å². The van der Waals surface area contributed by atoms with Crippen molar-refractivity contribution in [3.8, 4) is 5.82 Å². The van der Waals surface area contributed by atoms with E-state index in [1.54, 1.807) is 12.4 Å². The molecule has 0 amide bonds. The smallest absolute Gasteiger partial charge is 0.236 e. The van der Waals surface area contributed by atoms with Crippen molar-refractivity contribution in [2.75, 3.05) is 31.1 Å². The minimum atomic E-state index is -3.47. The third kappa shape index (κ3) is 4.67. The molecule has 162 valence electrons. The van der Waals surface area contributed by atoms with Gasteiger partial charge >= 0.3 is 0 Å². The standard InChI is InChI=1S/C22H26N6O2S/c1-17-18(2)28(16-23-17)22-15-21(24-19(3)25-22)26-10-12-27(13-11-26)31(29,30)14-9-20-7-5-4-6-8-20/h4-9,14-16H,10-13H2,1-3H3/b14-9+. The highest BCUT2D eigenvalue weighted by Gasteiger charge is 2.26. The SMILES string of the molecule is Cc1nc(N2CCN(S(=O)(=O)/C=C/c3ccccc3)CC2)cc(-n2cnc(C)c2C)n1. The summed E-state index contributed by atoms with van der Waals surface area (Å²) in [6.45, 7) is 7.78. The molecule has 2 aromatic heterocycles. The van der Waals surface area contributed by atoms with Crippen LogP contribution in [0.5, 0.6) is 0 Å². The maximum absolute atomic E-state index is 12.7. The fraction of sp³-hybridized carbons (Fsp3) is 0.318.